The molecule has 0 aliphatic carbocycles. The zero-order valence-electron chi connectivity index (χ0n) is 14.5. The van der Waals surface area contributed by atoms with Crippen LogP contribution in [-0.4, -0.2) is 29.5 Å². The molecular formula is C20H17BrN2O4. The predicted octanol–water partition coefficient (Wildman–Crippen LogP) is 4.09. The van der Waals surface area contributed by atoms with Crippen molar-refractivity contribution in [1.29, 1.82) is 0 Å². The number of carbonyl (C=O) groups excluding carboxylic acids is 1. The van der Waals surface area contributed by atoms with Gasteiger partial charge in [0, 0.05) is 5.56 Å². The number of fused-ring (bicyclic) bond motifs is 1. The number of ketones is 1. The van der Waals surface area contributed by atoms with Gasteiger partial charge in [-0.3, -0.25) is 4.79 Å². The Balaban J connectivity index is 1.85. The fourth-order valence-corrected chi connectivity index (χ4v) is 3.15. The molecule has 138 valence electrons. The first-order valence-electron chi connectivity index (χ1n) is 8.07. The van der Waals surface area contributed by atoms with Crippen molar-refractivity contribution in [3.63, 3.8) is 0 Å². The number of imidazole rings is 1. The smallest absolute Gasteiger partial charge is 0.323 e. The number of hydrogen-bond acceptors (Lipinski definition) is 4. The van der Waals surface area contributed by atoms with E-state index in [0.29, 0.717) is 39.2 Å². The van der Waals surface area contributed by atoms with Crippen LogP contribution in [0, 0.1) is 0 Å². The third-order valence-corrected chi connectivity index (χ3v) is 4.41. The lowest BCUT2D eigenvalue weighted by Crippen LogP contribution is -1.99. The van der Waals surface area contributed by atoms with Gasteiger partial charge in [0.1, 0.15) is 6.61 Å². The number of H-pyrrole nitrogens is 2. The van der Waals surface area contributed by atoms with Crippen LogP contribution in [0.4, 0.5) is 0 Å². The highest BCUT2D eigenvalue weighted by atomic mass is 79.9. The molecule has 6 nitrogen and oxygen atoms in total. The van der Waals surface area contributed by atoms with E-state index in [2.05, 4.69) is 32.5 Å². The molecule has 2 N–H and O–H groups in total. The Bertz CT molecular complexity index is 1100. The van der Waals surface area contributed by atoms with E-state index in [0.717, 1.165) is 5.56 Å². The molecule has 0 fully saturated rings. The minimum Gasteiger partial charge on any atom is -0.493 e. The quantitative estimate of drug-likeness (QED) is 0.337. The van der Waals surface area contributed by atoms with E-state index in [-0.39, 0.29) is 11.5 Å². The van der Waals surface area contributed by atoms with E-state index in [1.54, 1.807) is 43.5 Å². The summed E-state index contributed by atoms with van der Waals surface area (Å²) in [7, 11) is 1.55. The Labute approximate surface area is 163 Å². The lowest BCUT2D eigenvalue weighted by Gasteiger charge is -2.12. The number of hydrogen-bond donors (Lipinski definition) is 2. The SMILES string of the molecule is C=CCOc1c(Br)cc(C=CC(=O)c2ccc3[nH]c(=O)[nH]c3c2)cc1OC. The van der Waals surface area contributed by atoms with Crippen molar-refractivity contribution in [2.45, 2.75) is 0 Å². The molecule has 3 rings (SSSR count). The molecule has 1 heterocycles. The van der Waals surface area contributed by atoms with Crippen molar-refractivity contribution >= 4 is 38.8 Å². The Morgan fingerprint density at radius 2 is 2.00 bits per heavy atom. The van der Waals surface area contributed by atoms with Crippen LogP contribution < -0.4 is 15.2 Å². The van der Waals surface area contributed by atoms with Crippen LogP contribution in [0.15, 0.2) is 58.3 Å². The lowest BCUT2D eigenvalue weighted by molar-refractivity contribution is 0.104. The van der Waals surface area contributed by atoms with Gasteiger partial charge in [0.2, 0.25) is 0 Å². The van der Waals surface area contributed by atoms with Gasteiger partial charge in [-0.15, -0.1) is 0 Å². The molecule has 2 aromatic carbocycles. The van der Waals surface area contributed by atoms with Gasteiger partial charge < -0.3 is 19.4 Å². The van der Waals surface area contributed by atoms with Gasteiger partial charge in [-0.2, -0.15) is 0 Å². The first-order valence-corrected chi connectivity index (χ1v) is 8.87. The second-order valence-electron chi connectivity index (χ2n) is 5.67. The standard InChI is InChI=1S/C20H17BrN2O4/c1-3-8-27-19-14(21)9-12(10-18(19)26-2)4-7-17(24)13-5-6-15-16(11-13)23-20(25)22-15/h3-7,9-11H,1,8H2,2H3,(H2,22,23,25). The minimum atomic E-state index is -0.305. The van der Waals surface area contributed by atoms with Gasteiger partial charge in [0.05, 0.1) is 22.6 Å². The van der Waals surface area contributed by atoms with Crippen LogP contribution in [0.2, 0.25) is 0 Å². The fourth-order valence-electron chi connectivity index (χ4n) is 2.57. The lowest BCUT2D eigenvalue weighted by atomic mass is 10.1. The predicted molar refractivity (Wildman–Crippen MR) is 109 cm³/mol. The number of aromatic amines is 2. The number of ether oxygens (including phenoxy) is 2. The summed E-state index contributed by atoms with van der Waals surface area (Å²) in [6.45, 7) is 3.98. The van der Waals surface area contributed by atoms with Crippen molar-refractivity contribution in [3.05, 3.63) is 75.1 Å². The van der Waals surface area contributed by atoms with E-state index in [1.165, 1.54) is 6.08 Å². The zero-order chi connectivity index (χ0) is 19.4. The minimum absolute atomic E-state index is 0.180. The van der Waals surface area contributed by atoms with E-state index in [9.17, 15) is 9.59 Å². The second-order valence-corrected chi connectivity index (χ2v) is 6.53. The third kappa shape index (κ3) is 4.20. The Hall–Kier alpha value is -3.06. The molecule has 0 spiro atoms. The first-order chi connectivity index (χ1) is 13.0. The average molecular weight is 429 g/mol. The normalized spacial score (nSPS) is 11.0. The van der Waals surface area contributed by atoms with Crippen molar-refractivity contribution in [2.24, 2.45) is 0 Å². The molecule has 0 saturated heterocycles. The molecule has 7 heteroatoms. The van der Waals surface area contributed by atoms with Crippen LogP contribution >= 0.6 is 15.9 Å². The van der Waals surface area contributed by atoms with Gasteiger partial charge in [-0.05, 0) is 57.9 Å². The molecule has 1 aromatic heterocycles. The maximum absolute atomic E-state index is 12.4. The van der Waals surface area contributed by atoms with E-state index >= 15 is 0 Å². The number of rotatable bonds is 7. The topological polar surface area (TPSA) is 84.2 Å². The molecule has 0 radical (unpaired) electrons. The summed E-state index contributed by atoms with van der Waals surface area (Å²) >= 11 is 3.46. The van der Waals surface area contributed by atoms with Crippen LogP contribution in [0.25, 0.3) is 17.1 Å². The maximum Gasteiger partial charge on any atom is 0.323 e. The molecule has 0 aliphatic rings. The molecule has 0 unspecified atom stereocenters. The summed E-state index contributed by atoms with van der Waals surface area (Å²) in [6.07, 6.45) is 4.81. The summed E-state index contributed by atoms with van der Waals surface area (Å²) in [6, 6.07) is 8.61. The average Bonchev–Trinajstić information content (AvgIpc) is 3.03. The summed E-state index contributed by atoms with van der Waals surface area (Å²) < 4.78 is 11.7. The van der Waals surface area contributed by atoms with E-state index < -0.39 is 0 Å². The molecule has 0 amide bonds. The Kier molecular flexibility index (Phi) is 5.61. The van der Waals surface area contributed by atoms with Crippen molar-refractivity contribution in [2.75, 3.05) is 13.7 Å². The summed E-state index contributed by atoms with van der Waals surface area (Å²) in [4.78, 5) is 29.1. The van der Waals surface area contributed by atoms with Crippen molar-refractivity contribution < 1.29 is 14.3 Å². The maximum atomic E-state index is 12.4. The third-order valence-electron chi connectivity index (χ3n) is 3.82. The number of aromatic nitrogens is 2. The Morgan fingerprint density at radius 1 is 1.22 bits per heavy atom. The number of benzene rings is 2. The number of methoxy groups -OCH3 is 1. The number of allylic oxidation sites excluding steroid dienone is 1. The van der Waals surface area contributed by atoms with Gasteiger partial charge >= 0.3 is 5.69 Å². The molecule has 3 aromatic rings. The number of halogens is 1. The van der Waals surface area contributed by atoms with Gasteiger partial charge in [0.15, 0.2) is 17.3 Å². The molecule has 0 bridgehead atoms. The number of nitrogens with one attached hydrogen (secondary N) is 2. The van der Waals surface area contributed by atoms with Gasteiger partial charge in [-0.1, -0.05) is 18.7 Å². The monoisotopic (exact) mass is 428 g/mol. The fraction of sp³-hybridized carbons (Fsp3) is 0.100. The highest BCUT2D eigenvalue weighted by molar-refractivity contribution is 9.10. The molecule has 0 aliphatic heterocycles. The summed E-state index contributed by atoms with van der Waals surface area (Å²) in [5.41, 5.74) is 2.19. The highest BCUT2D eigenvalue weighted by Gasteiger charge is 2.11. The van der Waals surface area contributed by atoms with Gasteiger partial charge in [0.25, 0.3) is 0 Å². The molecular weight excluding hydrogens is 412 g/mol. The van der Waals surface area contributed by atoms with Crippen molar-refractivity contribution in [1.82, 2.24) is 9.97 Å². The summed E-state index contributed by atoms with van der Waals surface area (Å²) in [5, 5.41) is 0. The largest absolute Gasteiger partial charge is 0.493 e. The second kappa shape index (κ2) is 8.09. The zero-order valence-corrected chi connectivity index (χ0v) is 16.1. The molecule has 0 atom stereocenters. The summed E-state index contributed by atoms with van der Waals surface area (Å²) in [5.74, 6) is 0.938. The highest BCUT2D eigenvalue weighted by Crippen LogP contribution is 2.37. The molecule has 27 heavy (non-hydrogen) atoms. The number of carbonyl (C=O) groups is 1. The van der Waals surface area contributed by atoms with Crippen LogP contribution in [0.3, 0.4) is 0 Å². The molecule has 0 saturated carbocycles. The van der Waals surface area contributed by atoms with E-state index in [1.807, 2.05) is 6.07 Å². The van der Waals surface area contributed by atoms with E-state index in [4.69, 9.17) is 9.47 Å². The van der Waals surface area contributed by atoms with Crippen molar-refractivity contribution in [3.8, 4) is 11.5 Å². The first kappa shape index (κ1) is 18.7. The van der Waals surface area contributed by atoms with Crippen LogP contribution in [0.5, 0.6) is 11.5 Å². The Morgan fingerprint density at radius 3 is 2.74 bits per heavy atom. The van der Waals surface area contributed by atoms with Crippen LogP contribution in [-0.2, 0) is 0 Å². The van der Waals surface area contributed by atoms with Crippen LogP contribution in [0.1, 0.15) is 15.9 Å². The van der Waals surface area contributed by atoms with Gasteiger partial charge in [-0.25, -0.2) is 4.79 Å².